The summed E-state index contributed by atoms with van der Waals surface area (Å²) in [6.45, 7) is 0.582. The number of ether oxygens (including phenoxy) is 1. The van der Waals surface area contributed by atoms with Crippen LogP contribution in [0.4, 0.5) is 5.82 Å². The number of esters is 1. The summed E-state index contributed by atoms with van der Waals surface area (Å²) in [7, 11) is 1.32. The molecule has 0 aliphatic carbocycles. The van der Waals surface area contributed by atoms with Crippen molar-refractivity contribution in [1.82, 2.24) is 9.97 Å². The molecule has 2 aromatic rings. The van der Waals surface area contributed by atoms with Gasteiger partial charge in [0.25, 0.3) is 0 Å². The Morgan fingerprint density at radius 1 is 1.44 bits per heavy atom. The molecule has 0 atom stereocenters. The molecule has 0 saturated heterocycles. The average molecular weight is 328 g/mol. The predicted molar refractivity (Wildman–Crippen MR) is 72.7 cm³/mol. The van der Waals surface area contributed by atoms with Gasteiger partial charge in [0.2, 0.25) is 0 Å². The fraction of sp³-hybridized carbons (Fsp3) is 0.182. The normalized spacial score (nSPS) is 10.1. The fourth-order valence-corrected chi connectivity index (χ4v) is 2.75. The number of carbonyl (C=O) groups is 1. The lowest BCUT2D eigenvalue weighted by molar-refractivity contribution is 0.0595. The molecule has 2 aromatic heterocycles. The van der Waals surface area contributed by atoms with E-state index >= 15 is 0 Å². The summed E-state index contributed by atoms with van der Waals surface area (Å²) in [6, 6.07) is 3.97. The van der Waals surface area contributed by atoms with Gasteiger partial charge in [-0.05, 0) is 28.1 Å². The minimum atomic E-state index is -0.502. The molecule has 0 unspecified atom stereocenters. The molecular formula is C11H10BrN3O2S. The van der Waals surface area contributed by atoms with Gasteiger partial charge in [-0.25, -0.2) is 14.8 Å². The van der Waals surface area contributed by atoms with Gasteiger partial charge >= 0.3 is 5.97 Å². The van der Waals surface area contributed by atoms with Crippen molar-refractivity contribution >= 4 is 39.1 Å². The molecule has 1 N–H and O–H groups in total. The summed E-state index contributed by atoms with van der Waals surface area (Å²) in [5.74, 6) is -0.0770. The molecule has 0 bridgehead atoms. The largest absolute Gasteiger partial charge is 0.464 e. The summed E-state index contributed by atoms with van der Waals surface area (Å²) in [4.78, 5) is 20.7. The molecule has 0 radical (unpaired) electrons. The monoisotopic (exact) mass is 327 g/mol. The van der Waals surface area contributed by atoms with Crippen molar-refractivity contribution in [1.29, 1.82) is 0 Å². The van der Waals surface area contributed by atoms with Gasteiger partial charge in [-0.2, -0.15) is 0 Å². The molecule has 0 aromatic carbocycles. The van der Waals surface area contributed by atoms with Gasteiger partial charge in [-0.3, -0.25) is 0 Å². The Hall–Kier alpha value is -1.47. The molecule has 0 fully saturated rings. The highest BCUT2D eigenvalue weighted by molar-refractivity contribution is 9.11. The first-order valence-corrected chi connectivity index (χ1v) is 6.69. The number of aromatic nitrogens is 2. The van der Waals surface area contributed by atoms with Gasteiger partial charge in [0.1, 0.15) is 0 Å². The van der Waals surface area contributed by atoms with E-state index in [0.717, 1.165) is 8.66 Å². The number of hydrogen-bond acceptors (Lipinski definition) is 6. The van der Waals surface area contributed by atoms with Crippen molar-refractivity contribution in [2.75, 3.05) is 12.4 Å². The van der Waals surface area contributed by atoms with Crippen LogP contribution in [-0.2, 0) is 11.3 Å². The minimum Gasteiger partial charge on any atom is -0.464 e. The Bertz CT molecular complexity index is 559. The Morgan fingerprint density at radius 3 is 2.89 bits per heavy atom. The van der Waals surface area contributed by atoms with E-state index in [1.807, 2.05) is 12.1 Å². The highest BCUT2D eigenvalue weighted by atomic mass is 79.9. The van der Waals surface area contributed by atoms with Crippen LogP contribution in [-0.4, -0.2) is 23.0 Å². The molecule has 0 saturated carbocycles. The van der Waals surface area contributed by atoms with E-state index in [2.05, 4.69) is 36.0 Å². The van der Waals surface area contributed by atoms with E-state index < -0.39 is 5.97 Å². The Balaban J connectivity index is 2.11. The maximum atomic E-state index is 11.5. The van der Waals surface area contributed by atoms with E-state index in [1.54, 1.807) is 11.3 Å². The number of hydrogen-bond donors (Lipinski definition) is 1. The van der Waals surface area contributed by atoms with Gasteiger partial charge in [0, 0.05) is 17.3 Å². The fourth-order valence-electron chi connectivity index (χ4n) is 1.33. The first-order valence-electron chi connectivity index (χ1n) is 5.08. The van der Waals surface area contributed by atoms with Crippen molar-refractivity contribution in [2.24, 2.45) is 0 Å². The zero-order valence-electron chi connectivity index (χ0n) is 9.51. The molecule has 2 heterocycles. The van der Waals surface area contributed by atoms with Gasteiger partial charge < -0.3 is 10.1 Å². The predicted octanol–water partition coefficient (Wildman–Crippen LogP) is 2.70. The zero-order valence-corrected chi connectivity index (χ0v) is 11.9. The van der Waals surface area contributed by atoms with E-state index in [-0.39, 0.29) is 5.69 Å². The van der Waals surface area contributed by atoms with Crippen LogP contribution in [0.5, 0.6) is 0 Å². The maximum absolute atomic E-state index is 11.5. The molecule has 0 aliphatic rings. The number of nitrogens with zero attached hydrogens (tertiary/aromatic N) is 2. The first-order chi connectivity index (χ1) is 8.70. The maximum Gasteiger partial charge on any atom is 0.360 e. The van der Waals surface area contributed by atoms with Crippen LogP contribution in [0.15, 0.2) is 28.3 Å². The molecule has 0 spiro atoms. The van der Waals surface area contributed by atoms with E-state index in [0.29, 0.717) is 12.4 Å². The van der Waals surface area contributed by atoms with Crippen molar-refractivity contribution < 1.29 is 9.53 Å². The highest BCUT2D eigenvalue weighted by Gasteiger charge is 2.14. The van der Waals surface area contributed by atoms with Crippen LogP contribution >= 0.6 is 27.3 Å². The van der Waals surface area contributed by atoms with E-state index in [9.17, 15) is 4.79 Å². The standard InChI is InChI=1S/C11H10BrN3O2S/c1-17-11(16)9-10(14-5-4-13-9)15-6-7-2-3-8(12)18-7/h2-5H,6H2,1H3,(H,14,15). The second-order valence-corrected chi connectivity index (χ2v) is 5.85. The number of halogens is 1. The minimum absolute atomic E-state index is 0.190. The van der Waals surface area contributed by atoms with Crippen molar-refractivity contribution in [3.05, 3.63) is 38.9 Å². The highest BCUT2D eigenvalue weighted by Crippen LogP contribution is 2.23. The number of methoxy groups -OCH3 is 1. The smallest absolute Gasteiger partial charge is 0.360 e. The quantitative estimate of drug-likeness (QED) is 0.875. The lowest BCUT2D eigenvalue weighted by atomic mass is 10.4. The first kappa shape index (κ1) is 13.0. The van der Waals surface area contributed by atoms with Crippen molar-refractivity contribution in [3.63, 3.8) is 0 Å². The lowest BCUT2D eigenvalue weighted by Crippen LogP contribution is -2.11. The second kappa shape index (κ2) is 5.92. The summed E-state index contributed by atoms with van der Waals surface area (Å²) < 4.78 is 5.71. The molecule has 2 rings (SSSR count). The molecule has 0 amide bonds. The van der Waals surface area contributed by atoms with Crippen molar-refractivity contribution in [2.45, 2.75) is 6.54 Å². The molecular weight excluding hydrogens is 318 g/mol. The summed E-state index contributed by atoms with van der Waals surface area (Å²) in [5, 5.41) is 3.07. The molecule has 0 aliphatic heterocycles. The Kier molecular flexibility index (Phi) is 4.27. The van der Waals surface area contributed by atoms with Gasteiger partial charge in [-0.15, -0.1) is 11.3 Å². The average Bonchev–Trinajstić information content (AvgIpc) is 2.81. The third-order valence-electron chi connectivity index (χ3n) is 2.14. The third-order valence-corrected chi connectivity index (χ3v) is 3.76. The van der Waals surface area contributed by atoms with Crippen LogP contribution in [0.1, 0.15) is 15.4 Å². The van der Waals surface area contributed by atoms with Crippen LogP contribution in [0, 0.1) is 0 Å². The summed E-state index contributed by atoms with van der Waals surface area (Å²) in [5.41, 5.74) is 0.190. The van der Waals surface area contributed by atoms with Crippen LogP contribution in [0.2, 0.25) is 0 Å². The van der Waals surface area contributed by atoms with Gasteiger partial charge in [0.05, 0.1) is 17.4 Å². The SMILES string of the molecule is COC(=O)c1nccnc1NCc1ccc(Br)s1. The van der Waals surface area contributed by atoms with Gasteiger partial charge in [-0.1, -0.05) is 0 Å². The third kappa shape index (κ3) is 3.05. The Labute approximate surface area is 116 Å². The Morgan fingerprint density at radius 2 is 2.22 bits per heavy atom. The van der Waals surface area contributed by atoms with Gasteiger partial charge in [0.15, 0.2) is 11.5 Å². The number of carbonyl (C=O) groups excluding carboxylic acids is 1. The molecule has 7 heteroatoms. The lowest BCUT2D eigenvalue weighted by Gasteiger charge is -2.07. The number of rotatable bonds is 4. The van der Waals surface area contributed by atoms with Crippen molar-refractivity contribution in [3.8, 4) is 0 Å². The molecule has 94 valence electrons. The molecule has 18 heavy (non-hydrogen) atoms. The topological polar surface area (TPSA) is 64.1 Å². The number of nitrogens with one attached hydrogen (secondary N) is 1. The van der Waals surface area contributed by atoms with E-state index in [4.69, 9.17) is 0 Å². The number of anilines is 1. The van der Waals surface area contributed by atoms with Crippen LogP contribution < -0.4 is 5.32 Å². The summed E-state index contributed by atoms with van der Waals surface area (Å²) >= 11 is 5.01. The summed E-state index contributed by atoms with van der Waals surface area (Å²) in [6.07, 6.45) is 2.98. The molecule has 5 nitrogen and oxygen atoms in total. The van der Waals surface area contributed by atoms with Crippen LogP contribution in [0.3, 0.4) is 0 Å². The van der Waals surface area contributed by atoms with E-state index in [1.165, 1.54) is 19.5 Å². The number of thiophene rings is 1. The zero-order chi connectivity index (χ0) is 13.0. The second-order valence-electron chi connectivity index (χ2n) is 3.30. The van der Waals surface area contributed by atoms with Crippen LogP contribution in [0.25, 0.3) is 0 Å².